The minimum absolute atomic E-state index is 0.961. The molecule has 14 heavy (non-hydrogen) atoms. The summed E-state index contributed by atoms with van der Waals surface area (Å²) >= 11 is 0. The Kier molecular flexibility index (Phi) is 9.06. The molecule has 0 saturated carbocycles. The van der Waals surface area contributed by atoms with Gasteiger partial charge in [-0.15, -0.1) is 0 Å². The van der Waals surface area contributed by atoms with Gasteiger partial charge in [-0.05, 0) is 45.2 Å². The zero-order valence-electron chi connectivity index (χ0n) is 10.4. The Morgan fingerprint density at radius 2 is 1.79 bits per heavy atom. The van der Waals surface area contributed by atoms with Crippen molar-refractivity contribution in [2.75, 3.05) is 19.6 Å². The van der Waals surface area contributed by atoms with Gasteiger partial charge >= 0.3 is 0 Å². The molecule has 0 aromatic carbocycles. The number of likely N-dealkylation sites (tertiary alicyclic amines) is 1. The van der Waals surface area contributed by atoms with Gasteiger partial charge in [0.15, 0.2) is 0 Å². The van der Waals surface area contributed by atoms with Crippen molar-refractivity contribution in [1.29, 1.82) is 0 Å². The van der Waals surface area contributed by atoms with Gasteiger partial charge in [-0.3, -0.25) is 0 Å². The molecule has 0 unspecified atom stereocenters. The lowest BCUT2D eigenvalue weighted by molar-refractivity contribution is 0.195. The van der Waals surface area contributed by atoms with E-state index in [0.29, 0.717) is 0 Å². The van der Waals surface area contributed by atoms with Crippen molar-refractivity contribution in [3.8, 4) is 0 Å². The number of hydrogen-bond donors (Lipinski definition) is 0. The number of piperidine rings is 1. The van der Waals surface area contributed by atoms with Gasteiger partial charge in [0.25, 0.3) is 0 Å². The molecule has 1 nitrogen and oxygen atoms in total. The first-order valence-corrected chi connectivity index (χ1v) is 6.16. The van der Waals surface area contributed by atoms with Crippen LogP contribution in [0.1, 0.15) is 47.0 Å². The molecule has 0 atom stereocenters. The molecule has 84 valence electrons. The van der Waals surface area contributed by atoms with Crippen LogP contribution in [0.4, 0.5) is 0 Å². The van der Waals surface area contributed by atoms with Crippen LogP contribution in [-0.4, -0.2) is 24.5 Å². The van der Waals surface area contributed by atoms with Crippen LogP contribution in [0.2, 0.25) is 0 Å². The third-order valence-corrected chi connectivity index (χ3v) is 2.72. The van der Waals surface area contributed by atoms with Crippen molar-refractivity contribution in [1.82, 2.24) is 4.90 Å². The molecular formula is C13H27N. The van der Waals surface area contributed by atoms with E-state index in [1.807, 2.05) is 13.8 Å². The fraction of sp³-hybridized carbons (Fsp3) is 0.846. The molecule has 1 saturated heterocycles. The monoisotopic (exact) mass is 197 g/mol. The molecule has 1 aliphatic heterocycles. The molecule has 0 bridgehead atoms. The fourth-order valence-electron chi connectivity index (χ4n) is 1.71. The molecule has 1 fully saturated rings. The molecule has 1 heteroatoms. The Morgan fingerprint density at radius 3 is 2.29 bits per heavy atom. The van der Waals surface area contributed by atoms with Crippen LogP contribution in [0.5, 0.6) is 0 Å². The molecule has 0 spiro atoms. The second-order valence-electron chi connectivity index (χ2n) is 3.88. The highest BCUT2D eigenvalue weighted by atomic mass is 15.1. The Hall–Kier alpha value is -0.300. The van der Waals surface area contributed by atoms with Crippen LogP contribution in [-0.2, 0) is 0 Å². The van der Waals surface area contributed by atoms with E-state index in [1.165, 1.54) is 38.9 Å². The highest BCUT2D eigenvalue weighted by Gasteiger charge is 2.13. The van der Waals surface area contributed by atoms with Gasteiger partial charge in [0.1, 0.15) is 0 Å². The summed E-state index contributed by atoms with van der Waals surface area (Å²) in [5, 5.41) is 0. The Morgan fingerprint density at radius 1 is 1.21 bits per heavy atom. The van der Waals surface area contributed by atoms with E-state index in [1.54, 1.807) is 0 Å². The topological polar surface area (TPSA) is 3.24 Å². The molecule has 0 aromatic rings. The van der Waals surface area contributed by atoms with Crippen molar-refractivity contribution in [2.45, 2.75) is 47.0 Å². The first-order chi connectivity index (χ1) is 6.83. The highest BCUT2D eigenvalue weighted by molar-refractivity contribution is 4.79. The van der Waals surface area contributed by atoms with E-state index in [9.17, 15) is 0 Å². The standard InChI is InChI=1S/C11H21N.C2H6/c1-3-4-5-8-12-9-6-11(2)7-10-12;1-2/h3-4,11H,5-10H2,1-2H3;1-2H3/b4-3-;. The summed E-state index contributed by atoms with van der Waals surface area (Å²) in [6, 6.07) is 0. The summed E-state index contributed by atoms with van der Waals surface area (Å²) in [6.07, 6.45) is 8.43. The molecule has 0 aromatic heterocycles. The second kappa shape index (κ2) is 9.26. The van der Waals surface area contributed by atoms with Gasteiger partial charge in [-0.25, -0.2) is 0 Å². The Bertz CT molecular complexity index is 132. The maximum atomic E-state index is 2.58. The zero-order chi connectivity index (χ0) is 10.8. The molecule has 0 amide bonds. The molecule has 1 aliphatic rings. The third kappa shape index (κ3) is 6.20. The predicted molar refractivity (Wildman–Crippen MR) is 65.6 cm³/mol. The van der Waals surface area contributed by atoms with Crippen LogP contribution in [0.15, 0.2) is 12.2 Å². The first-order valence-electron chi connectivity index (χ1n) is 6.16. The molecule has 0 aliphatic carbocycles. The van der Waals surface area contributed by atoms with Crippen molar-refractivity contribution in [3.63, 3.8) is 0 Å². The minimum Gasteiger partial charge on any atom is -0.303 e. The third-order valence-electron chi connectivity index (χ3n) is 2.72. The Balaban J connectivity index is 0.000000791. The highest BCUT2D eigenvalue weighted by Crippen LogP contribution is 2.15. The van der Waals surface area contributed by atoms with E-state index in [2.05, 4.69) is 30.9 Å². The van der Waals surface area contributed by atoms with Gasteiger partial charge < -0.3 is 4.90 Å². The summed E-state index contributed by atoms with van der Waals surface area (Å²) in [5.41, 5.74) is 0. The molecule has 1 heterocycles. The summed E-state index contributed by atoms with van der Waals surface area (Å²) in [4.78, 5) is 2.58. The second-order valence-corrected chi connectivity index (χ2v) is 3.88. The van der Waals surface area contributed by atoms with Gasteiger partial charge in [0.2, 0.25) is 0 Å². The summed E-state index contributed by atoms with van der Waals surface area (Å²) in [6.45, 7) is 12.4. The predicted octanol–water partition coefficient (Wildman–Crippen LogP) is 3.71. The summed E-state index contributed by atoms with van der Waals surface area (Å²) in [5.74, 6) is 0.961. The van der Waals surface area contributed by atoms with Crippen LogP contribution in [0.25, 0.3) is 0 Å². The molecule has 0 N–H and O–H groups in total. The van der Waals surface area contributed by atoms with Crippen LogP contribution >= 0.6 is 0 Å². The van der Waals surface area contributed by atoms with E-state index in [0.717, 1.165) is 5.92 Å². The van der Waals surface area contributed by atoms with E-state index in [4.69, 9.17) is 0 Å². The maximum absolute atomic E-state index is 2.58. The van der Waals surface area contributed by atoms with Gasteiger partial charge in [0.05, 0.1) is 0 Å². The van der Waals surface area contributed by atoms with E-state index < -0.39 is 0 Å². The number of allylic oxidation sites excluding steroid dienone is 1. The molecule has 0 radical (unpaired) electrons. The Labute approximate surface area is 90.2 Å². The van der Waals surface area contributed by atoms with E-state index >= 15 is 0 Å². The van der Waals surface area contributed by atoms with E-state index in [-0.39, 0.29) is 0 Å². The van der Waals surface area contributed by atoms with Gasteiger partial charge in [-0.2, -0.15) is 0 Å². The van der Waals surface area contributed by atoms with Gasteiger partial charge in [0, 0.05) is 6.54 Å². The first kappa shape index (κ1) is 13.7. The van der Waals surface area contributed by atoms with Crippen molar-refractivity contribution in [3.05, 3.63) is 12.2 Å². The average molecular weight is 197 g/mol. The lowest BCUT2D eigenvalue weighted by Crippen LogP contribution is -2.33. The van der Waals surface area contributed by atoms with Crippen molar-refractivity contribution < 1.29 is 0 Å². The lowest BCUT2D eigenvalue weighted by atomic mass is 9.99. The van der Waals surface area contributed by atoms with Crippen LogP contribution in [0, 0.1) is 5.92 Å². The van der Waals surface area contributed by atoms with Crippen molar-refractivity contribution >= 4 is 0 Å². The van der Waals surface area contributed by atoms with Crippen molar-refractivity contribution in [2.24, 2.45) is 5.92 Å². The maximum Gasteiger partial charge on any atom is 0.00159 e. The normalized spacial score (nSPS) is 19.4. The minimum atomic E-state index is 0.961. The number of nitrogens with zero attached hydrogens (tertiary/aromatic N) is 1. The molecule has 1 rings (SSSR count). The quantitative estimate of drug-likeness (QED) is 0.623. The smallest absolute Gasteiger partial charge is 0.00159 e. The number of hydrogen-bond acceptors (Lipinski definition) is 1. The average Bonchev–Trinajstić information content (AvgIpc) is 2.24. The zero-order valence-corrected chi connectivity index (χ0v) is 10.4. The van der Waals surface area contributed by atoms with Crippen LogP contribution < -0.4 is 0 Å². The summed E-state index contributed by atoms with van der Waals surface area (Å²) < 4.78 is 0. The summed E-state index contributed by atoms with van der Waals surface area (Å²) in [7, 11) is 0. The number of rotatable bonds is 3. The lowest BCUT2D eigenvalue weighted by Gasteiger charge is -2.29. The molecular weight excluding hydrogens is 170 g/mol. The fourth-order valence-corrected chi connectivity index (χ4v) is 1.71. The largest absolute Gasteiger partial charge is 0.303 e. The van der Waals surface area contributed by atoms with Crippen LogP contribution in [0.3, 0.4) is 0 Å². The van der Waals surface area contributed by atoms with Gasteiger partial charge in [-0.1, -0.05) is 32.9 Å². The SMILES string of the molecule is C/C=C\CCN1CCC(C)CC1.CC.